The van der Waals surface area contributed by atoms with Crippen LogP contribution in [0.3, 0.4) is 0 Å². The summed E-state index contributed by atoms with van der Waals surface area (Å²) < 4.78 is 5.38. The molecular weight excluding hydrogens is 246 g/mol. The fraction of sp³-hybridized carbons (Fsp3) is 0.429. The van der Waals surface area contributed by atoms with Gasteiger partial charge >= 0.3 is 5.97 Å². The van der Waals surface area contributed by atoms with Gasteiger partial charge in [0.2, 0.25) is 5.91 Å². The van der Waals surface area contributed by atoms with Gasteiger partial charge in [-0.15, -0.1) is 0 Å². The molecule has 1 aromatic rings. The molecule has 0 saturated heterocycles. The summed E-state index contributed by atoms with van der Waals surface area (Å²) in [5.41, 5.74) is 1.78. The van der Waals surface area contributed by atoms with E-state index in [9.17, 15) is 9.59 Å². The predicted molar refractivity (Wildman–Crippen MR) is 70.6 cm³/mol. The van der Waals surface area contributed by atoms with Crippen molar-refractivity contribution in [2.24, 2.45) is 0 Å². The molecule has 1 aliphatic heterocycles. The van der Waals surface area contributed by atoms with E-state index in [1.54, 1.807) is 17.0 Å². The maximum absolute atomic E-state index is 11.9. The van der Waals surface area contributed by atoms with Gasteiger partial charge in [-0.05, 0) is 24.1 Å². The first-order valence-corrected chi connectivity index (χ1v) is 6.37. The Hall–Kier alpha value is -1.88. The molecule has 5 heteroatoms. The fourth-order valence-corrected chi connectivity index (χ4v) is 2.14. The summed E-state index contributed by atoms with van der Waals surface area (Å²) in [6.45, 7) is 3.63. The molecule has 2 rings (SSSR count). The van der Waals surface area contributed by atoms with E-state index in [0.717, 1.165) is 12.0 Å². The van der Waals surface area contributed by atoms with Crippen molar-refractivity contribution in [1.29, 1.82) is 0 Å². The van der Waals surface area contributed by atoms with Crippen LogP contribution in [0.1, 0.15) is 29.3 Å². The molecule has 1 heterocycles. The van der Waals surface area contributed by atoms with E-state index in [4.69, 9.17) is 9.84 Å². The topological polar surface area (TPSA) is 66.8 Å². The van der Waals surface area contributed by atoms with Crippen LogP contribution in [0.2, 0.25) is 0 Å². The molecule has 0 spiro atoms. The van der Waals surface area contributed by atoms with Gasteiger partial charge in [-0.3, -0.25) is 4.79 Å². The second kappa shape index (κ2) is 5.84. The first kappa shape index (κ1) is 13.5. The molecule has 1 amide bonds. The van der Waals surface area contributed by atoms with Crippen molar-refractivity contribution < 1.29 is 19.4 Å². The van der Waals surface area contributed by atoms with Crippen LogP contribution >= 0.6 is 0 Å². The van der Waals surface area contributed by atoms with Crippen molar-refractivity contribution in [2.75, 3.05) is 24.7 Å². The number of carboxylic acids is 1. The van der Waals surface area contributed by atoms with Gasteiger partial charge in [-0.25, -0.2) is 4.79 Å². The lowest BCUT2D eigenvalue weighted by molar-refractivity contribution is -0.117. The van der Waals surface area contributed by atoms with Crippen molar-refractivity contribution >= 4 is 17.6 Å². The summed E-state index contributed by atoms with van der Waals surface area (Å²) in [5, 5.41) is 8.99. The Morgan fingerprint density at radius 1 is 1.42 bits per heavy atom. The summed E-state index contributed by atoms with van der Waals surface area (Å²) >= 11 is 0. The fourth-order valence-electron chi connectivity index (χ4n) is 2.14. The highest BCUT2D eigenvalue weighted by molar-refractivity contribution is 6.03. The predicted octanol–water partition coefficient (Wildman–Crippen LogP) is 1.70. The van der Waals surface area contributed by atoms with Crippen LogP contribution in [0.15, 0.2) is 18.2 Å². The Bertz CT molecular complexity index is 498. The lowest BCUT2D eigenvalue weighted by Gasteiger charge is -2.17. The molecule has 0 aromatic heterocycles. The molecule has 1 aromatic carbocycles. The molecule has 0 radical (unpaired) electrons. The molecular formula is C14H17NO4. The van der Waals surface area contributed by atoms with Crippen LogP contribution in [0.25, 0.3) is 0 Å². The second-order valence-electron chi connectivity index (χ2n) is 4.48. The van der Waals surface area contributed by atoms with Crippen LogP contribution < -0.4 is 4.90 Å². The van der Waals surface area contributed by atoms with E-state index >= 15 is 0 Å². The number of aromatic carboxylic acids is 1. The molecule has 0 aliphatic carbocycles. The standard InChI is InChI=1S/C14H17NO4/c1-2-6-19-7-5-15-12-8-11(14(17)18)4-3-10(12)9-13(15)16/h3-4,8H,2,5-7,9H2,1H3,(H,17,18). The van der Waals surface area contributed by atoms with Crippen molar-refractivity contribution in [1.82, 2.24) is 0 Å². The molecule has 5 nitrogen and oxygen atoms in total. The van der Waals surface area contributed by atoms with E-state index < -0.39 is 5.97 Å². The summed E-state index contributed by atoms with van der Waals surface area (Å²) in [6, 6.07) is 4.80. The number of fused-ring (bicyclic) bond motifs is 1. The number of hydrogen-bond donors (Lipinski definition) is 1. The van der Waals surface area contributed by atoms with Crippen molar-refractivity contribution in [2.45, 2.75) is 19.8 Å². The Morgan fingerprint density at radius 2 is 2.21 bits per heavy atom. The maximum Gasteiger partial charge on any atom is 0.335 e. The lowest BCUT2D eigenvalue weighted by Crippen LogP contribution is -2.30. The quantitative estimate of drug-likeness (QED) is 0.793. The minimum absolute atomic E-state index is 0.00219. The molecule has 0 saturated carbocycles. The van der Waals surface area contributed by atoms with E-state index in [1.165, 1.54) is 6.07 Å². The van der Waals surface area contributed by atoms with Gasteiger partial charge in [0.25, 0.3) is 0 Å². The molecule has 102 valence electrons. The first-order chi connectivity index (χ1) is 9.13. The molecule has 0 unspecified atom stereocenters. The summed E-state index contributed by atoms with van der Waals surface area (Å²) in [4.78, 5) is 24.5. The second-order valence-corrected chi connectivity index (χ2v) is 4.48. The van der Waals surface area contributed by atoms with E-state index in [2.05, 4.69) is 0 Å². The van der Waals surface area contributed by atoms with Gasteiger partial charge in [0, 0.05) is 18.8 Å². The molecule has 19 heavy (non-hydrogen) atoms. The van der Waals surface area contributed by atoms with E-state index in [0.29, 0.717) is 31.9 Å². The van der Waals surface area contributed by atoms with Crippen LogP contribution in [0.4, 0.5) is 5.69 Å². The zero-order chi connectivity index (χ0) is 13.8. The number of ether oxygens (including phenoxy) is 1. The van der Waals surface area contributed by atoms with E-state index in [-0.39, 0.29) is 11.5 Å². The Kier molecular flexibility index (Phi) is 4.16. The smallest absolute Gasteiger partial charge is 0.335 e. The number of carbonyl (C=O) groups excluding carboxylic acids is 1. The zero-order valence-electron chi connectivity index (χ0n) is 10.9. The van der Waals surface area contributed by atoms with Crippen LogP contribution in [-0.4, -0.2) is 36.7 Å². The minimum atomic E-state index is -0.982. The van der Waals surface area contributed by atoms with Crippen LogP contribution in [-0.2, 0) is 16.0 Å². The lowest BCUT2D eigenvalue weighted by atomic mass is 10.1. The van der Waals surface area contributed by atoms with Crippen LogP contribution in [0, 0.1) is 0 Å². The molecule has 0 fully saturated rings. The Balaban J connectivity index is 2.12. The van der Waals surface area contributed by atoms with Gasteiger partial charge in [-0.1, -0.05) is 13.0 Å². The number of nitrogens with zero attached hydrogens (tertiary/aromatic N) is 1. The SMILES string of the molecule is CCCOCCN1C(=O)Cc2ccc(C(=O)O)cc21. The Labute approximate surface area is 111 Å². The summed E-state index contributed by atoms with van der Waals surface area (Å²) in [7, 11) is 0. The highest BCUT2D eigenvalue weighted by Gasteiger charge is 2.27. The Morgan fingerprint density at radius 3 is 2.89 bits per heavy atom. The largest absolute Gasteiger partial charge is 0.478 e. The number of rotatable bonds is 6. The summed E-state index contributed by atoms with van der Waals surface area (Å²) in [5.74, 6) is -0.984. The molecule has 0 bridgehead atoms. The maximum atomic E-state index is 11.9. The molecule has 1 N–H and O–H groups in total. The molecule has 1 aliphatic rings. The van der Waals surface area contributed by atoms with Gasteiger partial charge in [-0.2, -0.15) is 0 Å². The average Bonchev–Trinajstić information content (AvgIpc) is 2.70. The van der Waals surface area contributed by atoms with Crippen molar-refractivity contribution in [3.63, 3.8) is 0 Å². The first-order valence-electron chi connectivity index (χ1n) is 6.37. The van der Waals surface area contributed by atoms with Gasteiger partial charge < -0.3 is 14.7 Å². The average molecular weight is 263 g/mol. The number of carboxylic acid groups (broad SMARTS) is 1. The zero-order valence-corrected chi connectivity index (χ0v) is 10.9. The monoisotopic (exact) mass is 263 g/mol. The number of benzene rings is 1. The number of anilines is 1. The van der Waals surface area contributed by atoms with E-state index in [1.807, 2.05) is 6.92 Å². The number of carbonyl (C=O) groups is 2. The van der Waals surface area contributed by atoms with Crippen LogP contribution in [0.5, 0.6) is 0 Å². The van der Waals surface area contributed by atoms with Gasteiger partial charge in [0.05, 0.1) is 18.6 Å². The van der Waals surface area contributed by atoms with Gasteiger partial charge in [0.15, 0.2) is 0 Å². The highest BCUT2D eigenvalue weighted by atomic mass is 16.5. The number of hydrogen-bond acceptors (Lipinski definition) is 3. The highest BCUT2D eigenvalue weighted by Crippen LogP contribution is 2.29. The molecule has 0 atom stereocenters. The minimum Gasteiger partial charge on any atom is -0.478 e. The van der Waals surface area contributed by atoms with Crippen molar-refractivity contribution in [3.05, 3.63) is 29.3 Å². The van der Waals surface area contributed by atoms with Crippen molar-refractivity contribution in [3.8, 4) is 0 Å². The summed E-state index contributed by atoms with van der Waals surface area (Å²) in [6.07, 6.45) is 1.27. The normalized spacial score (nSPS) is 13.7. The third kappa shape index (κ3) is 2.93. The third-order valence-electron chi connectivity index (χ3n) is 3.07. The third-order valence-corrected chi connectivity index (χ3v) is 3.07. The van der Waals surface area contributed by atoms with Gasteiger partial charge in [0.1, 0.15) is 0 Å². The number of amides is 1.